The Balaban J connectivity index is 2.69. The normalized spacial score (nSPS) is 22.6. The van der Waals surface area contributed by atoms with Crippen molar-refractivity contribution in [3.63, 3.8) is 0 Å². The predicted molar refractivity (Wildman–Crippen MR) is 79.2 cm³/mol. The number of carbonyl (C=O) groups excluding carboxylic acids is 2. The molecule has 1 saturated carbocycles. The molecule has 0 spiro atoms. The summed E-state index contributed by atoms with van der Waals surface area (Å²) in [6, 6.07) is 0.285. The Hall–Kier alpha value is -1.06. The molecule has 1 fully saturated rings. The molecule has 2 unspecified atom stereocenters. The van der Waals surface area contributed by atoms with Crippen LogP contribution in [0, 0.1) is 11.8 Å². The van der Waals surface area contributed by atoms with Crippen molar-refractivity contribution in [3.05, 3.63) is 0 Å². The Morgan fingerprint density at radius 2 is 1.90 bits per heavy atom. The van der Waals surface area contributed by atoms with Crippen LogP contribution in [0.5, 0.6) is 0 Å². The summed E-state index contributed by atoms with van der Waals surface area (Å²) in [5, 5.41) is 0. The topological polar surface area (TPSA) is 46.6 Å². The highest BCUT2D eigenvalue weighted by Crippen LogP contribution is 2.29. The summed E-state index contributed by atoms with van der Waals surface area (Å²) in [4.78, 5) is 25.9. The van der Waals surface area contributed by atoms with E-state index in [1.165, 1.54) is 19.3 Å². The number of rotatable bonds is 6. The highest BCUT2D eigenvalue weighted by Gasteiger charge is 2.31. The second-order valence-corrected chi connectivity index (χ2v) is 6.07. The van der Waals surface area contributed by atoms with Crippen molar-refractivity contribution in [3.8, 4) is 0 Å². The minimum atomic E-state index is -0.211. The zero-order valence-electron chi connectivity index (χ0n) is 13.4. The maximum absolute atomic E-state index is 12.4. The molecular weight excluding hydrogens is 254 g/mol. The van der Waals surface area contributed by atoms with E-state index in [9.17, 15) is 9.59 Å². The molecule has 0 N–H and O–H groups in total. The van der Waals surface area contributed by atoms with E-state index < -0.39 is 0 Å². The summed E-state index contributed by atoms with van der Waals surface area (Å²) in [7, 11) is 0. The molecule has 1 aliphatic rings. The lowest BCUT2D eigenvalue weighted by Gasteiger charge is -2.39. The molecule has 20 heavy (non-hydrogen) atoms. The number of hydrogen-bond donors (Lipinski definition) is 0. The van der Waals surface area contributed by atoms with Crippen molar-refractivity contribution in [1.82, 2.24) is 4.90 Å². The maximum Gasteiger partial charge on any atom is 0.307 e. The van der Waals surface area contributed by atoms with Gasteiger partial charge < -0.3 is 9.64 Å². The van der Waals surface area contributed by atoms with Crippen LogP contribution in [0.2, 0.25) is 0 Å². The van der Waals surface area contributed by atoms with Gasteiger partial charge in [-0.25, -0.2) is 0 Å². The zero-order valence-corrected chi connectivity index (χ0v) is 13.4. The molecule has 4 nitrogen and oxygen atoms in total. The van der Waals surface area contributed by atoms with Crippen LogP contribution in [0.15, 0.2) is 0 Å². The summed E-state index contributed by atoms with van der Waals surface area (Å²) in [6.07, 6.45) is 4.96. The fourth-order valence-corrected chi connectivity index (χ4v) is 2.98. The average molecular weight is 283 g/mol. The van der Waals surface area contributed by atoms with Gasteiger partial charge >= 0.3 is 5.97 Å². The van der Waals surface area contributed by atoms with E-state index in [-0.39, 0.29) is 23.8 Å². The molecular formula is C16H29NO3. The third kappa shape index (κ3) is 4.80. The Kier molecular flexibility index (Phi) is 7.03. The van der Waals surface area contributed by atoms with Crippen LogP contribution in [0.1, 0.15) is 59.8 Å². The minimum Gasteiger partial charge on any atom is -0.466 e. The molecule has 0 saturated heterocycles. The van der Waals surface area contributed by atoms with Gasteiger partial charge in [-0.05, 0) is 25.7 Å². The fourth-order valence-electron chi connectivity index (χ4n) is 2.98. The van der Waals surface area contributed by atoms with Gasteiger partial charge in [0.2, 0.25) is 5.91 Å². The van der Waals surface area contributed by atoms with Gasteiger partial charge in [-0.2, -0.15) is 0 Å². The van der Waals surface area contributed by atoms with E-state index in [0.717, 1.165) is 6.42 Å². The zero-order chi connectivity index (χ0) is 15.1. The molecule has 0 radical (unpaired) electrons. The molecule has 0 aromatic rings. The largest absolute Gasteiger partial charge is 0.466 e. The highest BCUT2D eigenvalue weighted by molar-refractivity contribution is 5.79. The first kappa shape index (κ1) is 17.0. The molecule has 0 bridgehead atoms. The van der Waals surface area contributed by atoms with Crippen LogP contribution in [-0.2, 0) is 14.3 Å². The molecule has 116 valence electrons. The predicted octanol–water partition coefficient (Wildman–Crippen LogP) is 3.00. The summed E-state index contributed by atoms with van der Waals surface area (Å²) in [6.45, 7) is 8.76. The number of amides is 1. The van der Waals surface area contributed by atoms with Gasteiger partial charge in [0.25, 0.3) is 0 Å². The van der Waals surface area contributed by atoms with E-state index >= 15 is 0 Å². The molecule has 2 atom stereocenters. The van der Waals surface area contributed by atoms with Gasteiger partial charge in [-0.1, -0.05) is 33.6 Å². The van der Waals surface area contributed by atoms with E-state index in [4.69, 9.17) is 4.74 Å². The second kappa shape index (κ2) is 8.28. The van der Waals surface area contributed by atoms with Crippen LogP contribution in [0.3, 0.4) is 0 Å². The van der Waals surface area contributed by atoms with E-state index in [1.54, 1.807) is 6.92 Å². The molecule has 1 amide bonds. The lowest BCUT2D eigenvalue weighted by Crippen LogP contribution is -2.47. The van der Waals surface area contributed by atoms with Crippen molar-refractivity contribution in [1.29, 1.82) is 0 Å². The van der Waals surface area contributed by atoms with Gasteiger partial charge in [0.1, 0.15) is 0 Å². The minimum absolute atomic E-state index is 0.0219. The first-order chi connectivity index (χ1) is 9.47. The van der Waals surface area contributed by atoms with Crippen LogP contribution in [0.25, 0.3) is 0 Å². The van der Waals surface area contributed by atoms with E-state index in [1.807, 2.05) is 18.7 Å². The first-order valence-corrected chi connectivity index (χ1v) is 7.93. The monoisotopic (exact) mass is 283 g/mol. The van der Waals surface area contributed by atoms with Gasteiger partial charge in [0, 0.05) is 18.5 Å². The summed E-state index contributed by atoms with van der Waals surface area (Å²) < 4.78 is 4.97. The number of esters is 1. The summed E-state index contributed by atoms with van der Waals surface area (Å²) >= 11 is 0. The lowest BCUT2D eigenvalue weighted by atomic mass is 9.84. The average Bonchev–Trinajstić information content (AvgIpc) is 2.40. The summed E-state index contributed by atoms with van der Waals surface area (Å²) in [5.74, 6) is 0.450. The lowest BCUT2D eigenvalue weighted by molar-refractivity contribution is -0.145. The van der Waals surface area contributed by atoms with Crippen LogP contribution < -0.4 is 0 Å². The van der Waals surface area contributed by atoms with Gasteiger partial charge in [0.15, 0.2) is 0 Å². The van der Waals surface area contributed by atoms with Gasteiger partial charge in [-0.15, -0.1) is 0 Å². The van der Waals surface area contributed by atoms with Crippen LogP contribution in [0.4, 0.5) is 0 Å². The van der Waals surface area contributed by atoms with Crippen molar-refractivity contribution in [2.75, 3.05) is 13.2 Å². The van der Waals surface area contributed by atoms with E-state index in [0.29, 0.717) is 25.5 Å². The smallest absolute Gasteiger partial charge is 0.307 e. The fraction of sp³-hybridized carbons (Fsp3) is 0.875. The van der Waals surface area contributed by atoms with Crippen LogP contribution in [-0.4, -0.2) is 36.0 Å². The number of nitrogens with zero attached hydrogens (tertiary/aromatic N) is 1. The highest BCUT2D eigenvalue weighted by atomic mass is 16.5. The summed E-state index contributed by atoms with van der Waals surface area (Å²) in [5.41, 5.74) is 0. The molecule has 0 heterocycles. The van der Waals surface area contributed by atoms with E-state index in [2.05, 4.69) is 6.92 Å². The Bertz CT molecular complexity index is 328. The first-order valence-electron chi connectivity index (χ1n) is 7.93. The van der Waals surface area contributed by atoms with Crippen molar-refractivity contribution in [2.24, 2.45) is 11.8 Å². The van der Waals surface area contributed by atoms with Crippen molar-refractivity contribution < 1.29 is 14.3 Å². The quantitative estimate of drug-likeness (QED) is 0.704. The Morgan fingerprint density at radius 3 is 2.45 bits per heavy atom. The van der Waals surface area contributed by atoms with Gasteiger partial charge in [0.05, 0.1) is 13.0 Å². The Labute approximate surface area is 122 Å². The van der Waals surface area contributed by atoms with Crippen LogP contribution >= 0.6 is 0 Å². The van der Waals surface area contributed by atoms with Crippen molar-refractivity contribution >= 4 is 11.9 Å². The maximum atomic E-state index is 12.4. The molecule has 0 aromatic carbocycles. The number of carbonyl (C=O) groups is 2. The third-order valence-corrected chi connectivity index (χ3v) is 4.11. The molecule has 1 rings (SSSR count). The molecule has 0 aromatic heterocycles. The molecule has 4 heteroatoms. The number of ether oxygens (including phenoxy) is 1. The molecule has 0 aliphatic heterocycles. The SMILES string of the molecule is CCOC(=O)CCN(C(=O)C(C)C)C1CCCCC1C. The van der Waals surface area contributed by atoms with Crippen molar-refractivity contribution in [2.45, 2.75) is 65.8 Å². The Morgan fingerprint density at radius 1 is 1.25 bits per heavy atom. The standard InChI is InChI=1S/C16H29NO3/c1-5-20-15(18)10-11-17(16(19)12(2)3)14-9-7-6-8-13(14)4/h12-14H,5-11H2,1-4H3. The second-order valence-electron chi connectivity index (χ2n) is 6.07. The number of hydrogen-bond acceptors (Lipinski definition) is 3. The molecule has 1 aliphatic carbocycles. The third-order valence-electron chi connectivity index (χ3n) is 4.11. The van der Waals surface area contributed by atoms with Gasteiger partial charge in [-0.3, -0.25) is 9.59 Å².